The second-order valence-electron chi connectivity index (χ2n) is 8.35. The first-order chi connectivity index (χ1) is 15.8. The molecule has 1 aliphatic heterocycles. The summed E-state index contributed by atoms with van der Waals surface area (Å²) in [6, 6.07) is 11.4. The fraction of sp³-hybridized carbons (Fsp3) is 0.417. The molecule has 0 amide bonds. The quantitative estimate of drug-likeness (QED) is 0.284. The van der Waals surface area contributed by atoms with Crippen molar-refractivity contribution in [2.24, 2.45) is 0 Å². The first-order valence-electron chi connectivity index (χ1n) is 10.7. The van der Waals surface area contributed by atoms with Gasteiger partial charge in [-0.25, -0.2) is 0 Å². The minimum Gasteiger partial charge on any atom is -0.497 e. The minimum absolute atomic E-state index is 0.217. The Balaban J connectivity index is 1.64. The van der Waals surface area contributed by atoms with Crippen molar-refractivity contribution >= 4 is 10.9 Å². The molecule has 1 aliphatic rings. The molecular formula is C24H29NO8. The number of methoxy groups -OCH3 is 1. The van der Waals surface area contributed by atoms with Crippen molar-refractivity contribution in [3.05, 3.63) is 59.3 Å². The maximum Gasteiger partial charge on any atom is 0.288 e. The van der Waals surface area contributed by atoms with E-state index in [0.29, 0.717) is 11.8 Å². The molecule has 0 bridgehead atoms. The maximum absolute atomic E-state index is 11.0. The molecule has 4 rings (SSSR count). The number of aromatic amines is 1. The molecule has 0 radical (unpaired) electrons. The molecule has 0 aliphatic carbocycles. The van der Waals surface area contributed by atoms with Crippen molar-refractivity contribution in [2.75, 3.05) is 13.7 Å². The topological polar surface area (TPSA) is 145 Å². The van der Waals surface area contributed by atoms with Crippen molar-refractivity contribution in [1.29, 1.82) is 0 Å². The number of H-pyrrole nitrogens is 1. The van der Waals surface area contributed by atoms with Crippen LogP contribution in [0.4, 0.5) is 0 Å². The third-order valence-electron chi connectivity index (χ3n) is 6.05. The lowest BCUT2D eigenvalue weighted by molar-refractivity contribution is -0.385. The molecule has 0 spiro atoms. The number of benzene rings is 2. The van der Waals surface area contributed by atoms with E-state index < -0.39 is 37.0 Å². The Morgan fingerprint density at radius 2 is 1.82 bits per heavy atom. The van der Waals surface area contributed by atoms with Crippen molar-refractivity contribution in [1.82, 2.24) is 4.98 Å². The second kappa shape index (κ2) is 9.30. The SMILES string of the molecule is COc1ccc(CCc2c[nH]c3cc(C)cc(O[C@]4(O)C(O)O[C@H](CO)[C@@H](O)[C@@H]4O)c23)cc1. The van der Waals surface area contributed by atoms with E-state index in [4.69, 9.17) is 14.2 Å². The van der Waals surface area contributed by atoms with Crippen LogP contribution in [0.1, 0.15) is 16.7 Å². The summed E-state index contributed by atoms with van der Waals surface area (Å²) in [4.78, 5) is 3.20. The van der Waals surface area contributed by atoms with Crippen LogP contribution in [-0.4, -0.2) is 74.6 Å². The fourth-order valence-electron chi connectivity index (χ4n) is 4.16. The first kappa shape index (κ1) is 23.5. The summed E-state index contributed by atoms with van der Waals surface area (Å²) < 4.78 is 16.0. The molecule has 9 heteroatoms. The third-order valence-corrected chi connectivity index (χ3v) is 6.05. The van der Waals surface area contributed by atoms with Crippen LogP contribution in [0.25, 0.3) is 10.9 Å². The molecule has 3 aromatic rings. The molecule has 6 N–H and O–H groups in total. The molecule has 9 nitrogen and oxygen atoms in total. The number of aliphatic hydroxyl groups excluding tert-OH is 4. The van der Waals surface area contributed by atoms with Gasteiger partial charge >= 0.3 is 0 Å². The van der Waals surface area contributed by atoms with Gasteiger partial charge in [-0.2, -0.15) is 0 Å². The van der Waals surface area contributed by atoms with Gasteiger partial charge in [0.15, 0.2) is 6.10 Å². The predicted molar refractivity (Wildman–Crippen MR) is 119 cm³/mol. The standard InChI is InChI=1S/C24H29NO8/c1-13-9-17-20(15(11-25-17)6-3-14-4-7-16(31-2)8-5-14)18(10-13)33-24(30)22(28)21(27)19(12-26)32-23(24)29/h4-5,7-11,19,21-23,25-30H,3,6,12H2,1-2H3/t19-,21-,22+,23?,24+/m1/s1. The van der Waals surface area contributed by atoms with E-state index in [1.54, 1.807) is 13.2 Å². The normalized spacial score (nSPS) is 27.6. The summed E-state index contributed by atoms with van der Waals surface area (Å²) in [6.07, 6.45) is -3.60. The van der Waals surface area contributed by atoms with Crippen molar-refractivity contribution < 1.29 is 39.7 Å². The highest BCUT2D eigenvalue weighted by molar-refractivity contribution is 5.90. The van der Waals surface area contributed by atoms with Gasteiger partial charge in [-0.3, -0.25) is 0 Å². The van der Waals surface area contributed by atoms with Crippen LogP contribution >= 0.6 is 0 Å². The number of nitrogens with one attached hydrogen (secondary N) is 1. The summed E-state index contributed by atoms with van der Waals surface area (Å²) in [5, 5.41) is 52.0. The lowest BCUT2D eigenvalue weighted by Gasteiger charge is -2.45. The fourth-order valence-corrected chi connectivity index (χ4v) is 4.16. The number of aromatic nitrogens is 1. The Hall–Kier alpha value is -2.66. The number of hydrogen-bond donors (Lipinski definition) is 6. The van der Waals surface area contributed by atoms with Crippen LogP contribution in [0.15, 0.2) is 42.6 Å². The van der Waals surface area contributed by atoms with E-state index in [2.05, 4.69) is 4.98 Å². The number of aryl methyl sites for hydroxylation is 3. The Bertz CT molecular complexity index is 1100. The van der Waals surface area contributed by atoms with Gasteiger partial charge in [0.1, 0.15) is 23.7 Å². The van der Waals surface area contributed by atoms with Gasteiger partial charge in [0.2, 0.25) is 6.29 Å². The predicted octanol–water partition coefficient (Wildman–Crippen LogP) is 0.769. The van der Waals surface area contributed by atoms with Crippen LogP contribution in [0.3, 0.4) is 0 Å². The van der Waals surface area contributed by atoms with E-state index in [-0.39, 0.29) is 5.75 Å². The maximum atomic E-state index is 11.0. The highest BCUT2D eigenvalue weighted by atomic mass is 16.7. The van der Waals surface area contributed by atoms with E-state index >= 15 is 0 Å². The van der Waals surface area contributed by atoms with E-state index in [9.17, 15) is 25.5 Å². The Morgan fingerprint density at radius 3 is 2.48 bits per heavy atom. The average molecular weight is 459 g/mol. The van der Waals surface area contributed by atoms with E-state index in [1.165, 1.54) is 0 Å². The Morgan fingerprint density at radius 1 is 1.09 bits per heavy atom. The number of ether oxygens (including phenoxy) is 3. The monoisotopic (exact) mass is 459 g/mol. The minimum atomic E-state index is -2.64. The van der Waals surface area contributed by atoms with E-state index in [1.807, 2.05) is 43.5 Å². The molecule has 1 aromatic heterocycles. The highest BCUT2D eigenvalue weighted by Gasteiger charge is 2.57. The number of aliphatic hydroxyl groups is 5. The van der Waals surface area contributed by atoms with E-state index in [0.717, 1.165) is 34.4 Å². The average Bonchev–Trinajstić information content (AvgIpc) is 3.22. The van der Waals surface area contributed by atoms with Crippen LogP contribution in [0.5, 0.6) is 11.5 Å². The summed E-state index contributed by atoms with van der Waals surface area (Å²) in [6.45, 7) is 1.20. The smallest absolute Gasteiger partial charge is 0.288 e. The number of hydrogen-bond acceptors (Lipinski definition) is 8. The second-order valence-corrected chi connectivity index (χ2v) is 8.35. The molecule has 2 heterocycles. The zero-order valence-electron chi connectivity index (χ0n) is 18.4. The zero-order valence-corrected chi connectivity index (χ0v) is 18.4. The van der Waals surface area contributed by atoms with Crippen LogP contribution in [-0.2, 0) is 17.6 Å². The molecule has 1 unspecified atom stereocenters. The van der Waals surface area contributed by atoms with Crippen LogP contribution < -0.4 is 9.47 Å². The summed E-state index contributed by atoms with van der Waals surface area (Å²) in [7, 11) is 1.62. The van der Waals surface area contributed by atoms with Gasteiger partial charge in [0.05, 0.1) is 13.7 Å². The zero-order chi connectivity index (χ0) is 23.8. The van der Waals surface area contributed by atoms with Gasteiger partial charge < -0.3 is 44.7 Å². The van der Waals surface area contributed by atoms with Gasteiger partial charge in [-0.15, -0.1) is 0 Å². The summed E-state index contributed by atoms with van der Waals surface area (Å²) >= 11 is 0. The first-order valence-corrected chi connectivity index (χ1v) is 10.7. The van der Waals surface area contributed by atoms with Crippen molar-refractivity contribution in [3.8, 4) is 11.5 Å². The van der Waals surface area contributed by atoms with Crippen LogP contribution in [0, 0.1) is 6.92 Å². The largest absolute Gasteiger partial charge is 0.497 e. The molecule has 5 atom stereocenters. The van der Waals surface area contributed by atoms with Crippen molar-refractivity contribution in [2.45, 2.75) is 50.2 Å². The Kier molecular flexibility index (Phi) is 6.62. The van der Waals surface area contributed by atoms with Gasteiger partial charge in [0.25, 0.3) is 5.79 Å². The molecule has 0 saturated carbocycles. The molecule has 2 aromatic carbocycles. The lowest BCUT2D eigenvalue weighted by atomic mass is 9.95. The van der Waals surface area contributed by atoms with Gasteiger partial charge in [0, 0.05) is 17.1 Å². The molecular weight excluding hydrogens is 430 g/mol. The molecule has 1 fully saturated rings. The highest BCUT2D eigenvalue weighted by Crippen LogP contribution is 2.37. The third kappa shape index (κ3) is 4.43. The lowest BCUT2D eigenvalue weighted by Crippen LogP contribution is -2.69. The molecule has 1 saturated heterocycles. The Labute approximate surface area is 190 Å². The van der Waals surface area contributed by atoms with Crippen molar-refractivity contribution in [3.63, 3.8) is 0 Å². The van der Waals surface area contributed by atoms with Gasteiger partial charge in [-0.1, -0.05) is 12.1 Å². The number of fused-ring (bicyclic) bond motifs is 1. The molecule has 33 heavy (non-hydrogen) atoms. The molecule has 178 valence electrons. The van der Waals surface area contributed by atoms with Crippen LogP contribution in [0.2, 0.25) is 0 Å². The number of rotatable bonds is 7. The summed E-state index contributed by atoms with van der Waals surface area (Å²) in [5.41, 5.74) is 3.60. The summed E-state index contributed by atoms with van der Waals surface area (Å²) in [5.74, 6) is -1.64. The van der Waals surface area contributed by atoms with Gasteiger partial charge in [-0.05, 0) is 60.7 Å².